The molecular formula is C16H10F3N3O3. The summed E-state index contributed by atoms with van der Waals surface area (Å²) in [5, 5.41) is 4.21. The number of urea groups is 1. The third kappa shape index (κ3) is 3.77. The second kappa shape index (κ2) is 6.27. The van der Waals surface area contributed by atoms with Crippen molar-refractivity contribution in [2.75, 3.05) is 5.32 Å². The van der Waals surface area contributed by atoms with Gasteiger partial charge in [-0.2, -0.15) is 13.2 Å². The molecule has 128 valence electrons. The third-order valence-corrected chi connectivity index (χ3v) is 3.27. The Balaban J connectivity index is 1.68. The lowest BCUT2D eigenvalue weighted by molar-refractivity contribution is -0.137. The van der Waals surface area contributed by atoms with Crippen LogP contribution >= 0.6 is 0 Å². The van der Waals surface area contributed by atoms with E-state index in [1.54, 1.807) is 0 Å². The number of nitrogens with one attached hydrogen (secondary N) is 2. The van der Waals surface area contributed by atoms with Crippen molar-refractivity contribution in [3.63, 3.8) is 0 Å². The molecular weight excluding hydrogens is 339 g/mol. The minimum atomic E-state index is -4.53. The van der Waals surface area contributed by atoms with Gasteiger partial charge in [-0.25, -0.2) is 9.78 Å². The van der Waals surface area contributed by atoms with Crippen molar-refractivity contribution in [3.05, 3.63) is 60.0 Å². The summed E-state index contributed by atoms with van der Waals surface area (Å²) in [6, 6.07) is 7.49. The highest BCUT2D eigenvalue weighted by atomic mass is 19.4. The lowest BCUT2D eigenvalue weighted by Crippen LogP contribution is -2.34. The highest BCUT2D eigenvalue weighted by Gasteiger charge is 2.30. The average molecular weight is 349 g/mol. The predicted octanol–water partition coefficient (Wildman–Crippen LogP) is 3.81. The Hall–Kier alpha value is -3.36. The first-order valence-electron chi connectivity index (χ1n) is 6.96. The first-order chi connectivity index (χ1) is 11.8. The van der Waals surface area contributed by atoms with Crippen LogP contribution in [0.15, 0.2) is 53.3 Å². The molecule has 0 aliphatic rings. The van der Waals surface area contributed by atoms with Crippen molar-refractivity contribution in [2.24, 2.45) is 0 Å². The van der Waals surface area contributed by atoms with Gasteiger partial charge in [0.1, 0.15) is 5.52 Å². The standard InChI is InChI=1S/C16H10F3N3O3/c17-16(18,19)10-2-1-3-11(7-10)21-15(24)22-14(23)9-4-5-13-12(6-9)20-8-25-13/h1-8H,(H2,21,22,23,24). The molecule has 1 heterocycles. The maximum atomic E-state index is 12.6. The van der Waals surface area contributed by atoms with Crippen LogP contribution in [-0.4, -0.2) is 16.9 Å². The van der Waals surface area contributed by atoms with E-state index >= 15 is 0 Å². The average Bonchev–Trinajstić information content (AvgIpc) is 3.01. The van der Waals surface area contributed by atoms with Gasteiger partial charge in [0.05, 0.1) is 5.56 Å². The van der Waals surface area contributed by atoms with Crippen molar-refractivity contribution in [1.29, 1.82) is 0 Å². The lowest BCUT2D eigenvalue weighted by atomic mass is 10.2. The fraction of sp³-hybridized carbons (Fsp3) is 0.0625. The van der Waals surface area contributed by atoms with Gasteiger partial charge >= 0.3 is 12.2 Å². The number of rotatable bonds is 2. The molecule has 1 aromatic heterocycles. The van der Waals surface area contributed by atoms with Gasteiger partial charge in [-0.05, 0) is 36.4 Å². The second-order valence-corrected chi connectivity index (χ2v) is 5.02. The van der Waals surface area contributed by atoms with Crippen LogP contribution in [0.2, 0.25) is 0 Å². The van der Waals surface area contributed by atoms with Crippen LogP contribution in [0.25, 0.3) is 11.1 Å². The topological polar surface area (TPSA) is 84.2 Å². The highest BCUT2D eigenvalue weighted by Crippen LogP contribution is 2.30. The molecule has 0 saturated carbocycles. The van der Waals surface area contributed by atoms with E-state index in [0.29, 0.717) is 11.1 Å². The number of nitrogens with zero attached hydrogens (tertiary/aromatic N) is 1. The van der Waals surface area contributed by atoms with Crippen molar-refractivity contribution < 1.29 is 27.2 Å². The molecule has 0 saturated heterocycles. The number of halogens is 3. The lowest BCUT2D eigenvalue weighted by Gasteiger charge is -2.10. The van der Waals surface area contributed by atoms with E-state index in [4.69, 9.17) is 4.42 Å². The van der Waals surface area contributed by atoms with Crippen LogP contribution in [0, 0.1) is 0 Å². The molecule has 2 aromatic carbocycles. The molecule has 0 spiro atoms. The fourth-order valence-corrected chi connectivity index (χ4v) is 2.11. The van der Waals surface area contributed by atoms with E-state index < -0.39 is 23.7 Å². The maximum Gasteiger partial charge on any atom is 0.416 e. The monoisotopic (exact) mass is 349 g/mol. The number of anilines is 1. The number of benzene rings is 2. The summed E-state index contributed by atoms with van der Waals surface area (Å²) in [7, 11) is 0. The summed E-state index contributed by atoms with van der Waals surface area (Å²) >= 11 is 0. The number of aromatic nitrogens is 1. The largest absolute Gasteiger partial charge is 0.443 e. The molecule has 0 bridgehead atoms. The van der Waals surface area contributed by atoms with E-state index in [9.17, 15) is 22.8 Å². The van der Waals surface area contributed by atoms with Crippen molar-refractivity contribution in [1.82, 2.24) is 10.3 Å². The molecule has 0 aliphatic carbocycles. The number of imide groups is 1. The number of carbonyl (C=O) groups excluding carboxylic acids is 2. The number of oxazole rings is 1. The van der Waals surface area contributed by atoms with Gasteiger partial charge in [-0.3, -0.25) is 10.1 Å². The smallest absolute Gasteiger partial charge is 0.416 e. The zero-order valence-electron chi connectivity index (χ0n) is 12.4. The molecule has 0 atom stereocenters. The molecule has 0 radical (unpaired) electrons. The van der Waals surface area contributed by atoms with Crippen LogP contribution in [-0.2, 0) is 6.18 Å². The number of alkyl halides is 3. The molecule has 3 rings (SSSR count). The van der Waals surface area contributed by atoms with Crippen molar-refractivity contribution in [2.45, 2.75) is 6.18 Å². The number of carbonyl (C=O) groups is 2. The molecule has 0 aliphatic heterocycles. The Labute approximate surface area is 138 Å². The summed E-state index contributed by atoms with van der Waals surface area (Å²) in [5.74, 6) is -0.727. The van der Waals surface area contributed by atoms with Crippen LogP contribution in [0.1, 0.15) is 15.9 Å². The first-order valence-corrected chi connectivity index (χ1v) is 6.96. The van der Waals surface area contributed by atoms with Gasteiger partial charge in [0, 0.05) is 11.3 Å². The Morgan fingerprint density at radius 3 is 2.64 bits per heavy atom. The molecule has 3 aromatic rings. The number of hydrogen-bond donors (Lipinski definition) is 2. The predicted molar refractivity (Wildman–Crippen MR) is 81.9 cm³/mol. The van der Waals surface area contributed by atoms with Gasteiger partial charge in [0.25, 0.3) is 5.91 Å². The summed E-state index contributed by atoms with van der Waals surface area (Å²) < 4.78 is 43.0. The van der Waals surface area contributed by atoms with Crippen molar-refractivity contribution >= 4 is 28.7 Å². The molecule has 0 unspecified atom stereocenters. The Morgan fingerprint density at radius 2 is 1.88 bits per heavy atom. The van der Waals surface area contributed by atoms with Crippen LogP contribution in [0.4, 0.5) is 23.7 Å². The zero-order valence-corrected chi connectivity index (χ0v) is 12.4. The normalized spacial score (nSPS) is 11.3. The van der Waals surface area contributed by atoms with E-state index in [1.165, 1.54) is 30.7 Å². The third-order valence-electron chi connectivity index (χ3n) is 3.27. The van der Waals surface area contributed by atoms with E-state index in [0.717, 1.165) is 18.2 Å². The van der Waals surface area contributed by atoms with Crippen LogP contribution < -0.4 is 10.6 Å². The molecule has 9 heteroatoms. The SMILES string of the molecule is O=C(NC(=O)c1ccc2ocnc2c1)Nc1cccc(C(F)(F)F)c1. The number of hydrogen-bond acceptors (Lipinski definition) is 4. The van der Waals surface area contributed by atoms with Gasteiger partial charge < -0.3 is 9.73 Å². The van der Waals surface area contributed by atoms with Crippen LogP contribution in [0.3, 0.4) is 0 Å². The molecule has 2 N–H and O–H groups in total. The molecule has 0 fully saturated rings. The Kier molecular flexibility index (Phi) is 4.14. The first kappa shape index (κ1) is 16.5. The summed E-state index contributed by atoms with van der Waals surface area (Å²) in [6.45, 7) is 0. The minimum Gasteiger partial charge on any atom is -0.443 e. The van der Waals surface area contributed by atoms with E-state index in [1.807, 2.05) is 5.32 Å². The summed E-state index contributed by atoms with van der Waals surface area (Å²) in [6.07, 6.45) is -3.32. The second-order valence-electron chi connectivity index (χ2n) is 5.02. The molecule has 6 nitrogen and oxygen atoms in total. The van der Waals surface area contributed by atoms with E-state index in [2.05, 4.69) is 10.3 Å². The maximum absolute atomic E-state index is 12.6. The van der Waals surface area contributed by atoms with E-state index in [-0.39, 0.29) is 11.3 Å². The van der Waals surface area contributed by atoms with Gasteiger partial charge in [0.2, 0.25) is 0 Å². The zero-order chi connectivity index (χ0) is 18.0. The molecule has 25 heavy (non-hydrogen) atoms. The van der Waals surface area contributed by atoms with Crippen molar-refractivity contribution in [3.8, 4) is 0 Å². The van der Waals surface area contributed by atoms with Crippen LogP contribution in [0.5, 0.6) is 0 Å². The Bertz CT molecular complexity index is 950. The fourth-order valence-electron chi connectivity index (χ4n) is 2.11. The van der Waals surface area contributed by atoms with Gasteiger partial charge in [-0.15, -0.1) is 0 Å². The number of amides is 3. The molecule has 3 amide bonds. The minimum absolute atomic E-state index is 0.0907. The highest BCUT2D eigenvalue weighted by molar-refractivity contribution is 6.08. The van der Waals surface area contributed by atoms with Gasteiger partial charge in [-0.1, -0.05) is 6.07 Å². The Morgan fingerprint density at radius 1 is 1.08 bits per heavy atom. The quantitative estimate of drug-likeness (QED) is 0.737. The number of fused-ring (bicyclic) bond motifs is 1. The summed E-state index contributed by atoms with van der Waals surface area (Å²) in [4.78, 5) is 27.7. The summed E-state index contributed by atoms with van der Waals surface area (Å²) in [5.41, 5.74) is 0.0664. The van der Waals surface area contributed by atoms with Gasteiger partial charge in [0.15, 0.2) is 12.0 Å².